The number of nitrogens with zero attached hydrogens (tertiary/aromatic N) is 1. The van der Waals surface area contributed by atoms with E-state index in [0.717, 1.165) is 32.5 Å². The van der Waals surface area contributed by atoms with Crippen molar-refractivity contribution in [2.45, 2.75) is 32.4 Å². The van der Waals surface area contributed by atoms with E-state index in [1.807, 2.05) is 0 Å². The van der Waals surface area contributed by atoms with Gasteiger partial charge in [0.2, 0.25) is 0 Å². The molecule has 1 heterocycles. The van der Waals surface area contributed by atoms with Crippen molar-refractivity contribution in [1.29, 1.82) is 0 Å². The summed E-state index contributed by atoms with van der Waals surface area (Å²) in [5.41, 5.74) is 0.560. The van der Waals surface area contributed by atoms with Crippen LogP contribution in [0, 0.1) is 0 Å². The van der Waals surface area contributed by atoms with Crippen molar-refractivity contribution >= 4 is 5.69 Å². The van der Waals surface area contributed by atoms with E-state index in [1.54, 1.807) is 19.2 Å². The average molecular weight is 300 g/mol. The maximum atomic E-state index is 12.5. The predicted octanol–water partition coefficient (Wildman–Crippen LogP) is 3.19. The Bertz CT molecular complexity index is 449. The normalized spacial score (nSPS) is 17.0. The van der Waals surface area contributed by atoms with Crippen LogP contribution in [0.25, 0.3) is 0 Å². The first kappa shape index (κ1) is 15.8. The van der Waals surface area contributed by atoms with Crippen molar-refractivity contribution in [3.63, 3.8) is 0 Å². The van der Waals surface area contributed by atoms with Gasteiger partial charge in [-0.25, -0.2) is 0 Å². The Morgan fingerprint density at radius 3 is 2.62 bits per heavy atom. The Morgan fingerprint density at radius 2 is 2.05 bits per heavy atom. The molecule has 0 unspecified atom stereocenters. The van der Waals surface area contributed by atoms with Crippen LogP contribution in [0.15, 0.2) is 18.2 Å². The number of likely N-dealkylation sites (tertiary alicyclic amines) is 1. The summed E-state index contributed by atoms with van der Waals surface area (Å²) in [5, 5.41) is 3.31. The molecule has 1 fully saturated rings. The molecule has 6 heteroatoms. The molecule has 0 atom stereocenters. The predicted molar refractivity (Wildman–Crippen MR) is 78.4 cm³/mol. The van der Waals surface area contributed by atoms with Gasteiger partial charge in [0, 0.05) is 25.2 Å². The van der Waals surface area contributed by atoms with Crippen LogP contribution in [0.5, 0.6) is 11.5 Å². The SMILES string of the molecule is CCN1CCC(Nc2cc(OC)ccc2OC(F)F)CC1. The Balaban J connectivity index is 2.06. The number of alkyl halides is 2. The number of nitrogens with one attached hydrogen (secondary N) is 1. The molecule has 0 saturated carbocycles. The molecule has 118 valence electrons. The molecule has 0 amide bonds. The first-order valence-corrected chi connectivity index (χ1v) is 7.24. The highest BCUT2D eigenvalue weighted by atomic mass is 19.3. The van der Waals surface area contributed by atoms with Gasteiger partial charge in [-0.15, -0.1) is 0 Å². The van der Waals surface area contributed by atoms with Gasteiger partial charge in [0.15, 0.2) is 0 Å². The minimum absolute atomic E-state index is 0.156. The Hall–Kier alpha value is -1.56. The Kier molecular flexibility index (Phi) is 5.61. The topological polar surface area (TPSA) is 33.7 Å². The summed E-state index contributed by atoms with van der Waals surface area (Å²) in [6, 6.07) is 5.08. The molecule has 0 spiro atoms. The zero-order valence-electron chi connectivity index (χ0n) is 12.4. The summed E-state index contributed by atoms with van der Waals surface area (Å²) in [6.07, 6.45) is 1.97. The lowest BCUT2D eigenvalue weighted by atomic mass is 10.0. The number of halogens is 2. The Labute approximate surface area is 124 Å². The number of hydrogen-bond donors (Lipinski definition) is 1. The maximum absolute atomic E-state index is 12.5. The van der Waals surface area contributed by atoms with E-state index in [0.29, 0.717) is 11.4 Å². The van der Waals surface area contributed by atoms with E-state index in [9.17, 15) is 8.78 Å². The van der Waals surface area contributed by atoms with Crippen LogP contribution >= 0.6 is 0 Å². The van der Waals surface area contributed by atoms with Crippen LogP contribution in [-0.2, 0) is 0 Å². The summed E-state index contributed by atoms with van der Waals surface area (Å²) >= 11 is 0. The van der Waals surface area contributed by atoms with Gasteiger partial charge in [0.05, 0.1) is 12.8 Å². The first-order chi connectivity index (χ1) is 10.1. The molecule has 1 aliphatic rings. The van der Waals surface area contributed by atoms with Crippen LogP contribution in [0.4, 0.5) is 14.5 Å². The van der Waals surface area contributed by atoms with Crippen molar-refractivity contribution in [3.8, 4) is 11.5 Å². The van der Waals surface area contributed by atoms with Gasteiger partial charge in [0.25, 0.3) is 0 Å². The minimum Gasteiger partial charge on any atom is -0.497 e. The second-order valence-corrected chi connectivity index (χ2v) is 5.09. The largest absolute Gasteiger partial charge is 0.497 e. The molecule has 1 aliphatic heterocycles. The summed E-state index contributed by atoms with van der Waals surface area (Å²) < 4.78 is 34.7. The number of piperidine rings is 1. The fourth-order valence-electron chi connectivity index (χ4n) is 2.56. The number of hydrogen-bond acceptors (Lipinski definition) is 4. The van der Waals surface area contributed by atoms with Gasteiger partial charge in [-0.05, 0) is 31.5 Å². The number of ether oxygens (including phenoxy) is 2. The van der Waals surface area contributed by atoms with Crippen molar-refractivity contribution in [2.75, 3.05) is 32.1 Å². The standard InChI is InChI=1S/C15H22F2N2O2/c1-3-19-8-6-11(7-9-19)18-13-10-12(20-2)4-5-14(13)21-15(16)17/h4-5,10-11,15,18H,3,6-9H2,1-2H3. The lowest BCUT2D eigenvalue weighted by Gasteiger charge is -2.32. The minimum atomic E-state index is -2.83. The smallest absolute Gasteiger partial charge is 0.387 e. The molecule has 2 rings (SSSR count). The van der Waals surface area contributed by atoms with E-state index in [4.69, 9.17) is 4.74 Å². The summed E-state index contributed by atoms with van der Waals surface area (Å²) in [4.78, 5) is 2.38. The van der Waals surface area contributed by atoms with E-state index < -0.39 is 6.61 Å². The number of methoxy groups -OCH3 is 1. The van der Waals surface area contributed by atoms with E-state index in [2.05, 4.69) is 21.9 Å². The number of anilines is 1. The van der Waals surface area contributed by atoms with Crippen molar-refractivity contribution in [2.24, 2.45) is 0 Å². The monoisotopic (exact) mass is 300 g/mol. The van der Waals surface area contributed by atoms with Crippen LogP contribution in [0.2, 0.25) is 0 Å². The number of rotatable bonds is 6. The second kappa shape index (κ2) is 7.45. The second-order valence-electron chi connectivity index (χ2n) is 5.09. The van der Waals surface area contributed by atoms with E-state index in [1.165, 1.54) is 6.07 Å². The molecule has 1 N–H and O–H groups in total. The molecule has 0 aromatic heterocycles. The lowest BCUT2D eigenvalue weighted by Crippen LogP contribution is -2.38. The third-order valence-electron chi connectivity index (χ3n) is 3.80. The van der Waals surface area contributed by atoms with Crippen molar-refractivity contribution in [1.82, 2.24) is 4.90 Å². The van der Waals surface area contributed by atoms with Gasteiger partial charge in [-0.2, -0.15) is 8.78 Å². The van der Waals surface area contributed by atoms with Crippen molar-refractivity contribution < 1.29 is 18.3 Å². The zero-order chi connectivity index (χ0) is 15.2. The molecule has 0 bridgehead atoms. The third kappa shape index (κ3) is 4.46. The molecular weight excluding hydrogens is 278 g/mol. The van der Waals surface area contributed by atoms with Crippen LogP contribution in [-0.4, -0.2) is 44.3 Å². The summed E-state index contributed by atoms with van der Waals surface area (Å²) in [5.74, 6) is 0.772. The molecular formula is C15H22F2N2O2. The zero-order valence-corrected chi connectivity index (χ0v) is 12.4. The van der Waals surface area contributed by atoms with E-state index in [-0.39, 0.29) is 11.8 Å². The highest BCUT2D eigenvalue weighted by molar-refractivity contribution is 5.60. The third-order valence-corrected chi connectivity index (χ3v) is 3.80. The molecule has 21 heavy (non-hydrogen) atoms. The quantitative estimate of drug-likeness (QED) is 0.875. The molecule has 1 aromatic rings. The fourth-order valence-corrected chi connectivity index (χ4v) is 2.56. The van der Waals surface area contributed by atoms with Gasteiger partial charge in [0.1, 0.15) is 11.5 Å². The van der Waals surface area contributed by atoms with Crippen LogP contribution in [0.3, 0.4) is 0 Å². The van der Waals surface area contributed by atoms with Gasteiger partial charge in [-0.3, -0.25) is 0 Å². The molecule has 1 saturated heterocycles. The maximum Gasteiger partial charge on any atom is 0.387 e. The summed E-state index contributed by atoms with van der Waals surface area (Å²) in [6.45, 7) is 2.39. The number of benzene rings is 1. The van der Waals surface area contributed by atoms with Crippen molar-refractivity contribution in [3.05, 3.63) is 18.2 Å². The Morgan fingerprint density at radius 1 is 1.33 bits per heavy atom. The average Bonchev–Trinajstić information content (AvgIpc) is 2.49. The van der Waals surface area contributed by atoms with E-state index >= 15 is 0 Å². The highest BCUT2D eigenvalue weighted by Gasteiger charge is 2.20. The van der Waals surface area contributed by atoms with Gasteiger partial charge >= 0.3 is 6.61 Å². The highest BCUT2D eigenvalue weighted by Crippen LogP contribution is 2.32. The molecule has 0 aliphatic carbocycles. The molecule has 4 nitrogen and oxygen atoms in total. The molecule has 1 aromatic carbocycles. The summed E-state index contributed by atoms with van der Waals surface area (Å²) in [7, 11) is 1.55. The first-order valence-electron chi connectivity index (χ1n) is 7.24. The van der Waals surface area contributed by atoms with Gasteiger partial charge < -0.3 is 19.7 Å². The molecule has 0 radical (unpaired) electrons. The van der Waals surface area contributed by atoms with Crippen LogP contribution in [0.1, 0.15) is 19.8 Å². The lowest BCUT2D eigenvalue weighted by molar-refractivity contribution is -0.0494. The van der Waals surface area contributed by atoms with Crippen LogP contribution < -0.4 is 14.8 Å². The fraction of sp³-hybridized carbons (Fsp3) is 0.600. The van der Waals surface area contributed by atoms with Gasteiger partial charge in [-0.1, -0.05) is 6.92 Å².